The van der Waals surface area contributed by atoms with Crippen molar-refractivity contribution in [3.63, 3.8) is 0 Å². The zero-order valence-corrected chi connectivity index (χ0v) is 10.8. The molecule has 3 heteroatoms. The fraction of sp³-hybridized carbons (Fsp3) is 0.286. The molecule has 0 aliphatic rings. The van der Waals surface area contributed by atoms with Crippen molar-refractivity contribution in [3.8, 4) is 0 Å². The van der Waals surface area contributed by atoms with E-state index in [4.69, 9.17) is 0 Å². The van der Waals surface area contributed by atoms with Crippen LogP contribution >= 0.6 is 11.8 Å². The van der Waals surface area contributed by atoms with Gasteiger partial charge in [-0.1, -0.05) is 42.1 Å². The lowest BCUT2D eigenvalue weighted by Gasteiger charge is -2.01. The van der Waals surface area contributed by atoms with Gasteiger partial charge in [0.05, 0.1) is 0 Å². The molecule has 17 heavy (non-hydrogen) atoms. The van der Waals surface area contributed by atoms with E-state index in [-0.39, 0.29) is 0 Å². The topological polar surface area (TPSA) is 25.8 Å². The van der Waals surface area contributed by atoms with Crippen LogP contribution < -0.4 is 0 Å². The van der Waals surface area contributed by atoms with Crippen LogP contribution in [0.1, 0.15) is 17.7 Å². The van der Waals surface area contributed by atoms with Gasteiger partial charge in [0.25, 0.3) is 0 Å². The standard InChI is InChI=1S/C14H16N2S/c1-12-9-10-15-14(16-12)17-11-5-8-13-6-3-2-4-7-13/h2-4,6-7,9-10H,5,8,11H2,1H3. The minimum Gasteiger partial charge on any atom is -0.231 e. The molecule has 0 saturated carbocycles. The van der Waals surface area contributed by atoms with E-state index in [9.17, 15) is 0 Å². The molecule has 0 radical (unpaired) electrons. The van der Waals surface area contributed by atoms with Gasteiger partial charge in [0, 0.05) is 17.6 Å². The highest BCUT2D eigenvalue weighted by molar-refractivity contribution is 7.99. The number of hydrogen-bond donors (Lipinski definition) is 0. The van der Waals surface area contributed by atoms with E-state index in [0.717, 1.165) is 29.4 Å². The molecule has 1 aromatic carbocycles. The summed E-state index contributed by atoms with van der Waals surface area (Å²) in [6, 6.07) is 12.5. The predicted molar refractivity (Wildman–Crippen MR) is 72.3 cm³/mol. The Kier molecular flexibility index (Phi) is 4.56. The highest BCUT2D eigenvalue weighted by atomic mass is 32.2. The minimum atomic E-state index is 0.887. The summed E-state index contributed by atoms with van der Waals surface area (Å²) in [5.74, 6) is 1.07. The summed E-state index contributed by atoms with van der Waals surface area (Å²) >= 11 is 1.73. The van der Waals surface area contributed by atoms with Crippen molar-refractivity contribution in [3.05, 3.63) is 53.9 Å². The first-order chi connectivity index (χ1) is 8.34. The average Bonchev–Trinajstić information content (AvgIpc) is 2.36. The Balaban J connectivity index is 1.73. The monoisotopic (exact) mass is 244 g/mol. The van der Waals surface area contributed by atoms with Crippen molar-refractivity contribution in [2.24, 2.45) is 0 Å². The fourth-order valence-corrected chi connectivity index (χ4v) is 2.40. The molecule has 0 amide bonds. The third-order valence-electron chi connectivity index (χ3n) is 2.46. The highest BCUT2D eigenvalue weighted by Gasteiger charge is 1.98. The summed E-state index contributed by atoms with van der Waals surface area (Å²) < 4.78 is 0. The van der Waals surface area contributed by atoms with Crippen LogP contribution in [0.15, 0.2) is 47.8 Å². The van der Waals surface area contributed by atoms with Crippen molar-refractivity contribution in [1.82, 2.24) is 9.97 Å². The highest BCUT2D eigenvalue weighted by Crippen LogP contribution is 2.14. The molecular formula is C14H16N2S. The van der Waals surface area contributed by atoms with Gasteiger partial charge in [-0.15, -0.1) is 0 Å². The number of rotatable bonds is 5. The Bertz CT molecular complexity index is 457. The first-order valence-corrected chi connectivity index (χ1v) is 6.79. The third-order valence-corrected chi connectivity index (χ3v) is 3.40. The minimum absolute atomic E-state index is 0.887. The Labute approximate surface area is 107 Å². The summed E-state index contributed by atoms with van der Waals surface area (Å²) in [6.45, 7) is 2.00. The molecule has 0 atom stereocenters. The predicted octanol–water partition coefficient (Wildman–Crippen LogP) is 3.51. The maximum absolute atomic E-state index is 4.37. The van der Waals surface area contributed by atoms with E-state index in [1.807, 2.05) is 19.2 Å². The zero-order chi connectivity index (χ0) is 11.9. The molecule has 2 nitrogen and oxygen atoms in total. The molecule has 2 rings (SSSR count). The first kappa shape index (κ1) is 12.1. The van der Waals surface area contributed by atoms with E-state index < -0.39 is 0 Å². The van der Waals surface area contributed by atoms with Gasteiger partial charge < -0.3 is 0 Å². The van der Waals surface area contributed by atoms with Crippen molar-refractivity contribution < 1.29 is 0 Å². The smallest absolute Gasteiger partial charge is 0.187 e. The van der Waals surface area contributed by atoms with Crippen molar-refractivity contribution in [1.29, 1.82) is 0 Å². The number of aryl methyl sites for hydroxylation is 2. The van der Waals surface area contributed by atoms with Crippen molar-refractivity contribution >= 4 is 11.8 Å². The van der Waals surface area contributed by atoms with Crippen LogP contribution in [0.5, 0.6) is 0 Å². The molecule has 1 heterocycles. The van der Waals surface area contributed by atoms with Crippen LogP contribution in [0.25, 0.3) is 0 Å². The lowest BCUT2D eigenvalue weighted by molar-refractivity contribution is 0.906. The van der Waals surface area contributed by atoms with Crippen LogP contribution in [-0.2, 0) is 6.42 Å². The summed E-state index contributed by atoms with van der Waals surface area (Å²) in [6.07, 6.45) is 4.10. The Hall–Kier alpha value is -1.35. The van der Waals surface area contributed by atoms with E-state index in [1.165, 1.54) is 5.56 Å². The molecule has 0 N–H and O–H groups in total. The normalized spacial score (nSPS) is 10.4. The van der Waals surface area contributed by atoms with Gasteiger partial charge in [0.15, 0.2) is 5.16 Å². The zero-order valence-electron chi connectivity index (χ0n) is 9.97. The van der Waals surface area contributed by atoms with Gasteiger partial charge in [-0.25, -0.2) is 9.97 Å². The van der Waals surface area contributed by atoms with Crippen LogP contribution in [-0.4, -0.2) is 15.7 Å². The first-order valence-electron chi connectivity index (χ1n) is 5.81. The van der Waals surface area contributed by atoms with Crippen LogP contribution in [0.4, 0.5) is 0 Å². The average molecular weight is 244 g/mol. The van der Waals surface area contributed by atoms with Gasteiger partial charge in [0.2, 0.25) is 0 Å². The second kappa shape index (κ2) is 6.40. The lowest BCUT2D eigenvalue weighted by atomic mass is 10.1. The van der Waals surface area contributed by atoms with Crippen LogP contribution in [0.2, 0.25) is 0 Å². The van der Waals surface area contributed by atoms with Crippen LogP contribution in [0.3, 0.4) is 0 Å². The molecule has 0 aliphatic heterocycles. The van der Waals surface area contributed by atoms with E-state index in [0.29, 0.717) is 0 Å². The van der Waals surface area contributed by atoms with Crippen molar-refractivity contribution in [2.75, 3.05) is 5.75 Å². The Morgan fingerprint density at radius 3 is 2.71 bits per heavy atom. The number of nitrogens with zero attached hydrogens (tertiary/aromatic N) is 2. The summed E-state index contributed by atoms with van der Waals surface area (Å²) in [7, 11) is 0. The van der Waals surface area contributed by atoms with E-state index >= 15 is 0 Å². The Morgan fingerprint density at radius 2 is 1.94 bits per heavy atom. The van der Waals surface area contributed by atoms with Crippen molar-refractivity contribution in [2.45, 2.75) is 24.9 Å². The second-order valence-electron chi connectivity index (χ2n) is 3.92. The quantitative estimate of drug-likeness (QED) is 0.457. The molecule has 0 bridgehead atoms. The number of thioether (sulfide) groups is 1. The maximum Gasteiger partial charge on any atom is 0.187 e. The molecular weight excluding hydrogens is 228 g/mol. The lowest BCUT2D eigenvalue weighted by Crippen LogP contribution is -1.91. The van der Waals surface area contributed by atoms with E-state index in [1.54, 1.807) is 11.8 Å². The van der Waals surface area contributed by atoms with Gasteiger partial charge in [-0.2, -0.15) is 0 Å². The molecule has 1 aromatic heterocycles. The third kappa shape index (κ3) is 4.19. The summed E-state index contributed by atoms with van der Waals surface area (Å²) in [5.41, 5.74) is 2.43. The number of benzene rings is 1. The van der Waals surface area contributed by atoms with Gasteiger partial charge in [-0.3, -0.25) is 0 Å². The molecule has 0 spiro atoms. The molecule has 2 aromatic rings. The van der Waals surface area contributed by atoms with E-state index in [2.05, 4.69) is 40.3 Å². The number of aromatic nitrogens is 2. The van der Waals surface area contributed by atoms with Crippen LogP contribution in [0, 0.1) is 6.92 Å². The molecule has 0 aliphatic carbocycles. The maximum atomic E-state index is 4.37. The van der Waals surface area contributed by atoms with Gasteiger partial charge in [-0.05, 0) is 31.4 Å². The molecule has 88 valence electrons. The SMILES string of the molecule is Cc1ccnc(SCCCc2ccccc2)n1. The summed E-state index contributed by atoms with van der Waals surface area (Å²) in [5, 5.41) is 0.887. The van der Waals surface area contributed by atoms with Gasteiger partial charge >= 0.3 is 0 Å². The molecule has 0 saturated heterocycles. The molecule has 0 fully saturated rings. The summed E-state index contributed by atoms with van der Waals surface area (Å²) in [4.78, 5) is 8.61. The molecule has 0 unspecified atom stereocenters. The Morgan fingerprint density at radius 1 is 1.12 bits per heavy atom. The second-order valence-corrected chi connectivity index (χ2v) is 4.98. The van der Waals surface area contributed by atoms with Gasteiger partial charge in [0.1, 0.15) is 0 Å². The largest absolute Gasteiger partial charge is 0.231 e. The fourth-order valence-electron chi connectivity index (χ4n) is 1.58. The number of hydrogen-bond acceptors (Lipinski definition) is 3.